The second-order valence-electron chi connectivity index (χ2n) is 10.1. The van der Waals surface area contributed by atoms with Crippen molar-refractivity contribution >= 4 is 39.7 Å². The summed E-state index contributed by atoms with van der Waals surface area (Å²) in [5.74, 6) is 0.841. The third kappa shape index (κ3) is 2.35. The molecule has 1 spiro atoms. The van der Waals surface area contributed by atoms with E-state index in [0.29, 0.717) is 0 Å². The van der Waals surface area contributed by atoms with Crippen molar-refractivity contribution < 1.29 is 4.74 Å². The fraction of sp³-hybridized carbons (Fsp3) is 0.233. The molecule has 0 aromatic heterocycles. The van der Waals surface area contributed by atoms with Crippen LogP contribution in [0.3, 0.4) is 0 Å². The van der Waals surface area contributed by atoms with Crippen molar-refractivity contribution in [2.45, 2.75) is 31.4 Å². The van der Waals surface area contributed by atoms with Crippen LogP contribution in [0.1, 0.15) is 25.0 Å². The number of para-hydroxylation sites is 2. The SMILES string of the molecule is CN1c2ccccc2C(C)(C)[C@@]12C=Nc1c(cc(N3CCc4ccccc43)c3ccccc13)O2. The van der Waals surface area contributed by atoms with Gasteiger partial charge in [0, 0.05) is 41.8 Å². The summed E-state index contributed by atoms with van der Waals surface area (Å²) < 4.78 is 7.04. The van der Waals surface area contributed by atoms with Gasteiger partial charge in [-0.25, -0.2) is 0 Å². The van der Waals surface area contributed by atoms with Crippen molar-refractivity contribution in [1.82, 2.24) is 0 Å². The Morgan fingerprint density at radius 2 is 1.53 bits per heavy atom. The molecule has 1 atom stereocenters. The van der Waals surface area contributed by atoms with Gasteiger partial charge in [-0.05, 0) is 43.5 Å². The minimum Gasteiger partial charge on any atom is -0.459 e. The number of aliphatic imine (C=N–C) groups is 1. The lowest BCUT2D eigenvalue weighted by atomic mass is 9.77. The first-order valence-corrected chi connectivity index (χ1v) is 12.0. The average molecular weight is 446 g/mol. The molecule has 4 aromatic rings. The molecule has 4 nitrogen and oxygen atoms in total. The molecule has 0 saturated heterocycles. The zero-order chi connectivity index (χ0) is 23.1. The predicted molar refractivity (Wildman–Crippen MR) is 140 cm³/mol. The first kappa shape index (κ1) is 19.7. The number of ether oxygens (including phenoxy) is 1. The number of benzene rings is 4. The van der Waals surface area contributed by atoms with Crippen LogP contribution in [-0.2, 0) is 11.8 Å². The minimum absolute atomic E-state index is 0.272. The zero-order valence-electron chi connectivity index (χ0n) is 19.7. The molecule has 0 radical (unpaired) electrons. The third-order valence-corrected chi connectivity index (χ3v) is 8.10. The Kier molecular flexibility index (Phi) is 3.83. The van der Waals surface area contributed by atoms with E-state index in [9.17, 15) is 0 Å². The highest BCUT2D eigenvalue weighted by Crippen LogP contribution is 2.55. The van der Waals surface area contributed by atoms with Gasteiger partial charge in [-0.2, -0.15) is 0 Å². The van der Waals surface area contributed by atoms with Crippen molar-refractivity contribution in [2.75, 3.05) is 23.4 Å². The van der Waals surface area contributed by atoms with Crippen molar-refractivity contribution in [3.05, 3.63) is 90.0 Å². The lowest BCUT2D eigenvalue weighted by Crippen LogP contribution is -2.61. The van der Waals surface area contributed by atoms with Gasteiger partial charge < -0.3 is 14.5 Å². The molecule has 3 aliphatic heterocycles. The average Bonchev–Trinajstić information content (AvgIpc) is 3.36. The van der Waals surface area contributed by atoms with Gasteiger partial charge in [-0.15, -0.1) is 0 Å². The van der Waals surface area contributed by atoms with Gasteiger partial charge >= 0.3 is 0 Å². The Morgan fingerprint density at radius 3 is 2.35 bits per heavy atom. The zero-order valence-corrected chi connectivity index (χ0v) is 19.7. The summed E-state index contributed by atoms with van der Waals surface area (Å²) in [6.45, 7) is 5.48. The lowest BCUT2D eigenvalue weighted by Gasteiger charge is -2.45. The first-order valence-electron chi connectivity index (χ1n) is 12.0. The number of hydrogen-bond donors (Lipinski definition) is 0. The molecular formula is C30H27N3O. The number of likely N-dealkylation sites (N-methyl/N-ethyl adjacent to an activating group) is 1. The van der Waals surface area contributed by atoms with Crippen LogP contribution in [0.15, 0.2) is 83.9 Å². The monoisotopic (exact) mass is 445 g/mol. The van der Waals surface area contributed by atoms with Crippen LogP contribution in [0, 0.1) is 0 Å². The summed E-state index contributed by atoms with van der Waals surface area (Å²) in [5, 5.41) is 2.33. The largest absolute Gasteiger partial charge is 0.459 e. The molecule has 0 aliphatic carbocycles. The third-order valence-electron chi connectivity index (χ3n) is 8.10. The van der Waals surface area contributed by atoms with Gasteiger partial charge in [0.05, 0.1) is 17.3 Å². The maximum absolute atomic E-state index is 7.04. The highest BCUT2D eigenvalue weighted by Gasteiger charge is 2.58. The van der Waals surface area contributed by atoms with Crippen molar-refractivity contribution in [3.8, 4) is 5.75 Å². The number of rotatable bonds is 1. The van der Waals surface area contributed by atoms with E-state index in [1.165, 1.54) is 33.6 Å². The van der Waals surface area contributed by atoms with Crippen molar-refractivity contribution in [1.29, 1.82) is 0 Å². The van der Waals surface area contributed by atoms with Gasteiger partial charge in [0.2, 0.25) is 5.72 Å². The molecule has 34 heavy (non-hydrogen) atoms. The molecule has 3 heterocycles. The summed E-state index contributed by atoms with van der Waals surface area (Å²) in [6, 6.07) is 28.1. The van der Waals surface area contributed by atoms with Crippen LogP contribution in [0.5, 0.6) is 5.75 Å². The highest BCUT2D eigenvalue weighted by atomic mass is 16.5. The molecule has 0 unspecified atom stereocenters. The molecule has 0 amide bonds. The van der Waals surface area contributed by atoms with E-state index in [2.05, 4.69) is 110 Å². The van der Waals surface area contributed by atoms with Crippen LogP contribution in [0.4, 0.5) is 22.7 Å². The fourth-order valence-electron chi connectivity index (χ4n) is 6.21. The standard InChI is InChI=1S/C30H27N3O/c1-29(2)23-13-7-9-15-25(23)32(3)30(29)19-31-28-22-12-6-5-11-21(22)26(18-27(28)34-30)33-17-16-20-10-4-8-14-24(20)33/h4-15,18-19H,16-17H2,1-3H3/t30-/m0/s1. The van der Waals surface area contributed by atoms with E-state index in [4.69, 9.17) is 9.73 Å². The van der Waals surface area contributed by atoms with E-state index in [-0.39, 0.29) is 5.41 Å². The second kappa shape index (κ2) is 6.63. The van der Waals surface area contributed by atoms with E-state index in [0.717, 1.165) is 29.8 Å². The molecule has 4 heteroatoms. The van der Waals surface area contributed by atoms with E-state index in [1.54, 1.807) is 0 Å². The number of fused-ring (bicyclic) bond motifs is 5. The summed E-state index contributed by atoms with van der Waals surface area (Å²) in [7, 11) is 2.11. The summed E-state index contributed by atoms with van der Waals surface area (Å²) in [6.07, 6.45) is 3.07. The minimum atomic E-state index is -0.688. The van der Waals surface area contributed by atoms with E-state index < -0.39 is 5.72 Å². The van der Waals surface area contributed by atoms with Crippen molar-refractivity contribution in [3.63, 3.8) is 0 Å². The Hall–Kier alpha value is -3.79. The predicted octanol–water partition coefficient (Wildman–Crippen LogP) is 6.75. The topological polar surface area (TPSA) is 28.1 Å². The van der Waals surface area contributed by atoms with Crippen molar-refractivity contribution in [2.24, 2.45) is 4.99 Å². The number of hydrogen-bond acceptors (Lipinski definition) is 4. The maximum atomic E-state index is 7.04. The molecule has 3 aliphatic rings. The van der Waals surface area contributed by atoms with Crippen LogP contribution in [-0.4, -0.2) is 25.5 Å². The van der Waals surface area contributed by atoms with Gasteiger partial charge in [-0.1, -0.05) is 60.7 Å². The number of nitrogens with zero attached hydrogens (tertiary/aromatic N) is 3. The van der Waals surface area contributed by atoms with Crippen LogP contribution in [0.2, 0.25) is 0 Å². The Morgan fingerprint density at radius 1 is 0.824 bits per heavy atom. The molecular weight excluding hydrogens is 418 g/mol. The van der Waals surface area contributed by atoms with E-state index in [1.807, 2.05) is 6.21 Å². The van der Waals surface area contributed by atoms with Gasteiger partial charge in [-0.3, -0.25) is 4.99 Å². The van der Waals surface area contributed by atoms with Gasteiger partial charge in [0.15, 0.2) is 5.75 Å². The molecule has 0 bridgehead atoms. The molecule has 4 aromatic carbocycles. The van der Waals surface area contributed by atoms with Crippen LogP contribution in [0.25, 0.3) is 10.8 Å². The van der Waals surface area contributed by atoms with Gasteiger partial charge in [0.1, 0.15) is 5.69 Å². The Bertz CT molecular complexity index is 1500. The second-order valence-corrected chi connectivity index (χ2v) is 10.1. The fourth-order valence-corrected chi connectivity index (χ4v) is 6.21. The summed E-state index contributed by atoms with van der Waals surface area (Å²) in [4.78, 5) is 9.77. The highest BCUT2D eigenvalue weighted by molar-refractivity contribution is 6.07. The normalized spacial score (nSPS) is 21.5. The van der Waals surface area contributed by atoms with Gasteiger partial charge in [0.25, 0.3) is 0 Å². The first-order chi connectivity index (χ1) is 16.5. The summed E-state index contributed by atoms with van der Waals surface area (Å²) >= 11 is 0. The van der Waals surface area contributed by atoms with E-state index >= 15 is 0 Å². The Balaban J connectivity index is 1.43. The summed E-state index contributed by atoms with van der Waals surface area (Å²) in [5.41, 5.74) is 6.29. The van der Waals surface area contributed by atoms with Crippen LogP contribution < -0.4 is 14.5 Å². The maximum Gasteiger partial charge on any atom is 0.228 e. The Labute approximate surface area is 200 Å². The molecule has 7 rings (SSSR count). The smallest absolute Gasteiger partial charge is 0.228 e. The molecule has 0 saturated carbocycles. The molecule has 0 fully saturated rings. The van der Waals surface area contributed by atoms with Crippen LogP contribution >= 0.6 is 0 Å². The number of anilines is 3. The molecule has 0 N–H and O–H groups in total. The quantitative estimate of drug-likeness (QED) is 0.324. The lowest BCUT2D eigenvalue weighted by molar-refractivity contribution is 0.0827. The molecule has 168 valence electrons.